The van der Waals surface area contributed by atoms with Gasteiger partial charge >= 0.3 is 5.97 Å². The Labute approximate surface area is 281 Å². The first kappa shape index (κ1) is 32.4. The summed E-state index contributed by atoms with van der Waals surface area (Å²) >= 11 is 8.35. The summed E-state index contributed by atoms with van der Waals surface area (Å²) in [5.74, 6) is 0.670. The topological polar surface area (TPSA) is 103 Å². The van der Waals surface area contributed by atoms with Crippen molar-refractivity contribution in [2.24, 2.45) is 4.99 Å². The normalized spacial score (nSPS) is 14.4. The number of allylic oxidation sites excluding steroid dienone is 1. The summed E-state index contributed by atoms with van der Waals surface area (Å²) < 4.78 is 20.6. The Morgan fingerprint density at radius 2 is 1.89 bits per heavy atom. The van der Waals surface area contributed by atoms with Gasteiger partial charge in [0.2, 0.25) is 0 Å². The van der Waals surface area contributed by atoms with Gasteiger partial charge in [-0.2, -0.15) is 5.26 Å². The first-order chi connectivity index (χ1) is 21.8. The Morgan fingerprint density at radius 1 is 1.11 bits per heavy atom. The minimum Gasteiger partial charge on any atom is -0.496 e. The maximum absolute atomic E-state index is 14.2. The molecule has 1 aliphatic rings. The number of thiazole rings is 1. The van der Waals surface area contributed by atoms with E-state index in [0.717, 1.165) is 16.5 Å². The van der Waals surface area contributed by atoms with Crippen LogP contribution < -0.4 is 24.4 Å². The van der Waals surface area contributed by atoms with Crippen LogP contribution in [0.4, 0.5) is 0 Å². The van der Waals surface area contributed by atoms with Crippen LogP contribution >= 0.6 is 43.2 Å². The number of nitriles is 1. The van der Waals surface area contributed by atoms with Crippen LogP contribution in [0.2, 0.25) is 0 Å². The summed E-state index contributed by atoms with van der Waals surface area (Å²) in [5, 5.41) is 9.49. The van der Waals surface area contributed by atoms with Crippen LogP contribution in [0.5, 0.6) is 11.5 Å². The van der Waals surface area contributed by atoms with E-state index in [0.29, 0.717) is 59.7 Å². The number of fused-ring (bicyclic) bond motifs is 1. The lowest BCUT2D eigenvalue weighted by Gasteiger charge is -2.26. The largest absolute Gasteiger partial charge is 0.496 e. The van der Waals surface area contributed by atoms with Gasteiger partial charge in [0.25, 0.3) is 5.56 Å². The van der Waals surface area contributed by atoms with Crippen molar-refractivity contribution in [2.45, 2.75) is 39.3 Å². The number of nitrogens with zero attached hydrogens (tertiary/aromatic N) is 3. The van der Waals surface area contributed by atoms with Crippen molar-refractivity contribution < 1.29 is 19.0 Å². The zero-order chi connectivity index (χ0) is 32.1. The highest BCUT2D eigenvalue weighted by Gasteiger charge is 2.34. The van der Waals surface area contributed by atoms with Crippen molar-refractivity contribution in [1.29, 1.82) is 5.26 Å². The fourth-order valence-corrected chi connectivity index (χ4v) is 7.05. The van der Waals surface area contributed by atoms with Crippen molar-refractivity contribution >= 4 is 55.2 Å². The Kier molecular flexibility index (Phi) is 10.4. The molecule has 3 aromatic carbocycles. The number of aromatic nitrogens is 1. The van der Waals surface area contributed by atoms with Crippen molar-refractivity contribution in [1.82, 2.24) is 4.57 Å². The van der Waals surface area contributed by atoms with Crippen molar-refractivity contribution in [2.75, 3.05) is 13.7 Å². The van der Waals surface area contributed by atoms with E-state index in [-0.39, 0.29) is 18.8 Å². The number of carbonyl (C=O) groups is 1. The van der Waals surface area contributed by atoms with Gasteiger partial charge in [-0.1, -0.05) is 64.9 Å². The Morgan fingerprint density at radius 3 is 2.60 bits per heavy atom. The minimum atomic E-state index is -0.757. The monoisotopic (exact) mass is 749 g/mol. The van der Waals surface area contributed by atoms with Crippen LogP contribution in [0, 0.1) is 11.3 Å². The van der Waals surface area contributed by atoms with E-state index >= 15 is 0 Å². The molecule has 1 atom stereocenters. The number of ether oxygens (including phenoxy) is 3. The van der Waals surface area contributed by atoms with Gasteiger partial charge in [-0.15, -0.1) is 0 Å². The lowest BCUT2D eigenvalue weighted by molar-refractivity contribution is -0.139. The van der Waals surface area contributed by atoms with E-state index in [9.17, 15) is 14.9 Å². The summed E-state index contributed by atoms with van der Waals surface area (Å²) in [6, 6.07) is 19.7. The number of halogens is 2. The summed E-state index contributed by atoms with van der Waals surface area (Å²) in [6.45, 7) is 4.14. The van der Waals surface area contributed by atoms with Crippen molar-refractivity contribution in [3.8, 4) is 17.6 Å². The van der Waals surface area contributed by atoms with Crippen LogP contribution in [-0.2, 0) is 16.1 Å². The molecule has 0 N–H and O–H groups in total. The Balaban J connectivity index is 1.67. The average Bonchev–Trinajstić information content (AvgIpc) is 3.34. The number of esters is 1. The van der Waals surface area contributed by atoms with E-state index in [1.807, 2.05) is 55.5 Å². The zero-order valence-electron chi connectivity index (χ0n) is 24.8. The van der Waals surface area contributed by atoms with E-state index < -0.39 is 12.0 Å². The molecule has 1 aromatic heterocycles. The summed E-state index contributed by atoms with van der Waals surface area (Å²) in [6.07, 6.45) is 3.07. The third-order valence-corrected chi connectivity index (χ3v) is 9.26. The molecule has 0 fully saturated rings. The molecule has 11 heteroatoms. The van der Waals surface area contributed by atoms with Gasteiger partial charge in [0.1, 0.15) is 18.1 Å². The van der Waals surface area contributed by atoms with Gasteiger partial charge in [0.05, 0.1) is 51.7 Å². The molecule has 45 heavy (non-hydrogen) atoms. The fraction of sp³-hybridized carbons (Fsp3) is 0.235. The van der Waals surface area contributed by atoms with E-state index in [1.54, 1.807) is 36.8 Å². The molecule has 230 valence electrons. The van der Waals surface area contributed by atoms with Gasteiger partial charge in [0.15, 0.2) is 4.80 Å². The molecule has 0 bridgehead atoms. The first-order valence-electron chi connectivity index (χ1n) is 14.2. The molecule has 0 aliphatic carbocycles. The molecule has 8 nitrogen and oxygen atoms in total. The smallest absolute Gasteiger partial charge is 0.338 e. The molecule has 4 aromatic rings. The second-order valence-electron chi connectivity index (χ2n) is 10.0. The number of carbonyl (C=O) groups excluding carboxylic acids is 1. The Bertz CT molecular complexity index is 2030. The predicted molar refractivity (Wildman–Crippen MR) is 180 cm³/mol. The maximum Gasteiger partial charge on any atom is 0.338 e. The highest BCUT2D eigenvalue weighted by Crippen LogP contribution is 2.36. The van der Waals surface area contributed by atoms with Crippen LogP contribution in [0.25, 0.3) is 6.08 Å². The number of hydrogen-bond acceptors (Lipinski definition) is 8. The molecule has 0 saturated heterocycles. The second-order valence-corrected chi connectivity index (χ2v) is 12.8. The second kappa shape index (κ2) is 14.4. The predicted octanol–water partition coefficient (Wildman–Crippen LogP) is 6.56. The van der Waals surface area contributed by atoms with Gasteiger partial charge in [-0.05, 0) is 77.3 Å². The standard InChI is InChI=1S/C34H29Br2N3O5S/c1-4-8-26-30(33(41)43-5-2)31(20-11-13-28(42-3)25(36)16-20)39-32(40)29(45-34(39)38-26)17-23-15-24(35)12-14-27(23)44-19-22-10-7-6-9-21(22)18-37/h6-7,9-17,31H,4-5,8,19H2,1-3H3/b29-17-/t31-/m0/s1. The van der Waals surface area contributed by atoms with Crippen LogP contribution in [0.1, 0.15) is 55.0 Å². The summed E-state index contributed by atoms with van der Waals surface area (Å²) in [5.41, 5.74) is 3.33. The van der Waals surface area contributed by atoms with Crippen LogP contribution in [-0.4, -0.2) is 24.3 Å². The van der Waals surface area contributed by atoms with Gasteiger partial charge in [0, 0.05) is 15.6 Å². The lowest BCUT2D eigenvalue weighted by atomic mass is 9.94. The molecule has 0 radical (unpaired) electrons. The number of methoxy groups -OCH3 is 1. The third kappa shape index (κ3) is 6.83. The molecule has 0 saturated carbocycles. The average molecular weight is 751 g/mol. The van der Waals surface area contributed by atoms with Gasteiger partial charge in [-0.25, -0.2) is 9.79 Å². The molecule has 1 aliphatic heterocycles. The molecule has 0 spiro atoms. The maximum atomic E-state index is 14.2. The van der Waals surface area contributed by atoms with E-state index in [2.05, 4.69) is 37.9 Å². The zero-order valence-corrected chi connectivity index (χ0v) is 28.8. The van der Waals surface area contributed by atoms with Crippen LogP contribution in [0.3, 0.4) is 0 Å². The number of benzene rings is 3. The molecule has 0 amide bonds. The SMILES string of the molecule is CCCC1=C(C(=O)OCC)[C@H](c2ccc(OC)c(Br)c2)n2c(s/c(=C\c3cc(Br)ccc3OCc3ccccc3C#N)c2=O)=N1. The number of hydrogen-bond donors (Lipinski definition) is 0. The molecule has 5 rings (SSSR count). The molecule has 2 heterocycles. The number of rotatable bonds is 10. The quantitative estimate of drug-likeness (QED) is 0.170. The lowest BCUT2D eigenvalue weighted by Crippen LogP contribution is -2.40. The molecular weight excluding hydrogens is 722 g/mol. The van der Waals surface area contributed by atoms with E-state index in [1.165, 1.54) is 11.3 Å². The third-order valence-electron chi connectivity index (χ3n) is 7.16. The molecular formula is C34H29Br2N3O5S. The van der Waals surface area contributed by atoms with E-state index in [4.69, 9.17) is 19.2 Å². The fourth-order valence-electron chi connectivity index (χ4n) is 5.10. The van der Waals surface area contributed by atoms with Crippen molar-refractivity contribution in [3.05, 3.63) is 123 Å². The Hall–Kier alpha value is -3.98. The highest BCUT2D eigenvalue weighted by atomic mass is 79.9. The molecule has 0 unspecified atom stereocenters. The van der Waals surface area contributed by atoms with Crippen molar-refractivity contribution in [3.63, 3.8) is 0 Å². The van der Waals surface area contributed by atoms with Gasteiger partial charge < -0.3 is 14.2 Å². The van der Waals surface area contributed by atoms with Gasteiger partial charge in [-0.3, -0.25) is 9.36 Å². The summed E-state index contributed by atoms with van der Waals surface area (Å²) in [7, 11) is 1.58. The highest BCUT2D eigenvalue weighted by molar-refractivity contribution is 9.10. The van der Waals surface area contributed by atoms with Crippen LogP contribution in [0.15, 0.2) is 90.7 Å². The minimum absolute atomic E-state index is 0.184. The first-order valence-corrected chi connectivity index (χ1v) is 16.7. The summed E-state index contributed by atoms with van der Waals surface area (Å²) in [4.78, 5) is 33.0.